The minimum atomic E-state index is 1.06. The monoisotopic (exact) mass is 403 g/mol. The molecular weight excluding hydrogens is 370 g/mol. The van der Waals surface area contributed by atoms with E-state index in [0.29, 0.717) is 0 Å². The second kappa shape index (κ2) is 8.60. The molecule has 1 aromatic heterocycles. The molecule has 5 nitrogen and oxygen atoms in total. The highest BCUT2D eigenvalue weighted by molar-refractivity contribution is 5.84. The topological polar surface area (TPSA) is 26.7 Å². The Hall–Kier alpha value is -2.66. The molecular formula is C25H33N5. The Morgan fingerprint density at radius 1 is 0.733 bits per heavy atom. The van der Waals surface area contributed by atoms with E-state index in [-0.39, 0.29) is 0 Å². The molecule has 0 bridgehead atoms. The second-order valence-corrected chi connectivity index (χ2v) is 8.57. The molecule has 0 atom stereocenters. The van der Waals surface area contributed by atoms with Gasteiger partial charge >= 0.3 is 0 Å². The number of likely N-dealkylation sites (tertiary alicyclic amines) is 1. The fourth-order valence-electron chi connectivity index (χ4n) is 4.88. The van der Waals surface area contributed by atoms with Crippen LogP contribution in [0.3, 0.4) is 0 Å². The van der Waals surface area contributed by atoms with Crippen LogP contribution in [0, 0.1) is 0 Å². The minimum Gasteiger partial charge on any atom is -0.388 e. The first-order valence-corrected chi connectivity index (χ1v) is 11.4. The lowest BCUT2D eigenvalue weighted by atomic mass is 10.2. The van der Waals surface area contributed by atoms with Crippen LogP contribution in [-0.2, 0) is 6.54 Å². The minimum absolute atomic E-state index is 1.06. The molecule has 1 N–H and O–H groups in total. The van der Waals surface area contributed by atoms with E-state index >= 15 is 0 Å². The average Bonchev–Trinajstić information content (AvgIpc) is 3.47. The number of hydrogen-bond acceptors (Lipinski definition) is 4. The van der Waals surface area contributed by atoms with Crippen LogP contribution in [0.1, 0.15) is 12.8 Å². The fraction of sp³-hybridized carbons (Fsp3) is 0.440. The highest BCUT2D eigenvalue weighted by Crippen LogP contribution is 2.26. The smallest absolute Gasteiger partial charge is 0.0501 e. The summed E-state index contributed by atoms with van der Waals surface area (Å²) in [5, 5.41) is 4.55. The van der Waals surface area contributed by atoms with Crippen LogP contribution in [0.5, 0.6) is 0 Å². The van der Waals surface area contributed by atoms with E-state index in [1.54, 1.807) is 0 Å². The molecule has 0 saturated carbocycles. The molecule has 0 radical (unpaired) electrons. The third-order valence-corrected chi connectivity index (χ3v) is 6.78. The average molecular weight is 404 g/mol. The van der Waals surface area contributed by atoms with E-state index < -0.39 is 0 Å². The Bertz CT molecular complexity index is 963. The van der Waals surface area contributed by atoms with Crippen molar-refractivity contribution in [1.82, 2.24) is 9.47 Å². The summed E-state index contributed by atoms with van der Waals surface area (Å²) in [6.45, 7) is 9.04. The van der Waals surface area contributed by atoms with Gasteiger partial charge in [-0.25, -0.2) is 0 Å². The van der Waals surface area contributed by atoms with Gasteiger partial charge < -0.3 is 24.6 Å². The lowest BCUT2D eigenvalue weighted by Gasteiger charge is -2.37. The molecule has 2 aliphatic rings. The van der Waals surface area contributed by atoms with Crippen molar-refractivity contribution in [2.45, 2.75) is 19.4 Å². The maximum atomic E-state index is 3.20. The molecule has 3 aromatic rings. The molecule has 158 valence electrons. The maximum absolute atomic E-state index is 3.20. The predicted molar refractivity (Wildman–Crippen MR) is 128 cm³/mol. The third-order valence-electron chi connectivity index (χ3n) is 6.78. The SMILES string of the molecule is CNc1ccc(N2CCN(c3ccc4ccn(CCN5CCCC5)c4c3)CC2)cc1. The van der Waals surface area contributed by atoms with E-state index in [9.17, 15) is 0 Å². The van der Waals surface area contributed by atoms with Crippen molar-refractivity contribution in [3.63, 3.8) is 0 Å². The molecule has 2 aliphatic heterocycles. The summed E-state index contributed by atoms with van der Waals surface area (Å²) < 4.78 is 2.44. The maximum Gasteiger partial charge on any atom is 0.0501 e. The van der Waals surface area contributed by atoms with Gasteiger partial charge in [-0.3, -0.25) is 0 Å². The summed E-state index contributed by atoms with van der Waals surface area (Å²) in [5.74, 6) is 0. The summed E-state index contributed by atoms with van der Waals surface area (Å²) in [6, 6.07) is 18.0. The van der Waals surface area contributed by atoms with Gasteiger partial charge in [0.25, 0.3) is 0 Å². The van der Waals surface area contributed by atoms with Crippen molar-refractivity contribution in [3.8, 4) is 0 Å². The van der Waals surface area contributed by atoms with Gasteiger partial charge in [-0.1, -0.05) is 6.07 Å². The molecule has 2 aromatic carbocycles. The summed E-state index contributed by atoms with van der Waals surface area (Å²) in [4.78, 5) is 7.63. The molecule has 0 aliphatic carbocycles. The van der Waals surface area contributed by atoms with Crippen molar-refractivity contribution in [2.75, 3.05) is 68.0 Å². The van der Waals surface area contributed by atoms with Gasteiger partial charge in [0, 0.05) is 69.6 Å². The summed E-state index contributed by atoms with van der Waals surface area (Å²) in [6.07, 6.45) is 4.99. The summed E-state index contributed by atoms with van der Waals surface area (Å²) in [7, 11) is 1.97. The van der Waals surface area contributed by atoms with Crippen molar-refractivity contribution < 1.29 is 0 Å². The zero-order valence-corrected chi connectivity index (χ0v) is 18.1. The normalized spacial score (nSPS) is 17.8. The van der Waals surface area contributed by atoms with Crippen LogP contribution in [-0.4, -0.2) is 62.3 Å². The standard InChI is InChI=1S/C25H33N5/c1-26-22-5-8-23(9-6-22)28-16-18-29(19-17-28)24-7-4-21-10-13-30(25(21)20-24)15-14-27-11-2-3-12-27/h4-10,13,20,26H,2-3,11-12,14-19H2,1H3. The van der Waals surface area contributed by atoms with Crippen LogP contribution in [0.2, 0.25) is 0 Å². The lowest BCUT2D eigenvalue weighted by Crippen LogP contribution is -2.46. The van der Waals surface area contributed by atoms with Crippen molar-refractivity contribution >= 4 is 28.0 Å². The molecule has 0 amide bonds. The van der Waals surface area contributed by atoms with Gasteiger partial charge in [0.1, 0.15) is 0 Å². The van der Waals surface area contributed by atoms with E-state index in [1.165, 1.54) is 60.4 Å². The number of benzene rings is 2. The zero-order valence-electron chi connectivity index (χ0n) is 18.1. The number of anilines is 3. The van der Waals surface area contributed by atoms with Crippen LogP contribution in [0.4, 0.5) is 17.1 Å². The lowest BCUT2D eigenvalue weighted by molar-refractivity contribution is 0.324. The number of piperazine rings is 1. The first-order valence-electron chi connectivity index (χ1n) is 11.4. The van der Waals surface area contributed by atoms with Gasteiger partial charge in [0.15, 0.2) is 0 Å². The van der Waals surface area contributed by atoms with Crippen LogP contribution >= 0.6 is 0 Å². The number of hydrogen-bond donors (Lipinski definition) is 1. The second-order valence-electron chi connectivity index (χ2n) is 8.57. The van der Waals surface area contributed by atoms with Gasteiger partial charge in [-0.15, -0.1) is 0 Å². The molecule has 30 heavy (non-hydrogen) atoms. The molecule has 0 unspecified atom stereocenters. The van der Waals surface area contributed by atoms with Crippen LogP contribution in [0.15, 0.2) is 54.7 Å². The molecule has 5 rings (SSSR count). The van der Waals surface area contributed by atoms with Crippen LogP contribution < -0.4 is 15.1 Å². The van der Waals surface area contributed by atoms with E-state index in [2.05, 4.69) is 79.3 Å². The van der Waals surface area contributed by atoms with E-state index in [0.717, 1.165) is 32.7 Å². The Morgan fingerprint density at radius 2 is 1.40 bits per heavy atom. The van der Waals surface area contributed by atoms with Crippen molar-refractivity contribution in [1.29, 1.82) is 0 Å². The highest BCUT2D eigenvalue weighted by atomic mass is 15.3. The molecule has 0 spiro atoms. The van der Waals surface area contributed by atoms with Gasteiger partial charge in [-0.05, 0) is 73.8 Å². The van der Waals surface area contributed by atoms with Crippen molar-refractivity contribution in [2.24, 2.45) is 0 Å². The van der Waals surface area contributed by atoms with E-state index in [1.807, 2.05) is 7.05 Å². The summed E-state index contributed by atoms with van der Waals surface area (Å²) in [5.41, 5.74) is 5.21. The fourth-order valence-corrected chi connectivity index (χ4v) is 4.88. The Balaban J connectivity index is 1.25. The number of nitrogens with zero attached hydrogens (tertiary/aromatic N) is 4. The number of nitrogens with one attached hydrogen (secondary N) is 1. The first-order chi connectivity index (χ1) is 14.8. The third kappa shape index (κ3) is 3.99. The molecule has 2 saturated heterocycles. The Kier molecular flexibility index (Phi) is 5.54. The molecule has 5 heteroatoms. The van der Waals surface area contributed by atoms with Gasteiger partial charge in [0.2, 0.25) is 0 Å². The first kappa shape index (κ1) is 19.3. The predicted octanol–water partition coefficient (Wildman–Crippen LogP) is 4.11. The van der Waals surface area contributed by atoms with Gasteiger partial charge in [-0.2, -0.15) is 0 Å². The van der Waals surface area contributed by atoms with E-state index in [4.69, 9.17) is 0 Å². The summed E-state index contributed by atoms with van der Waals surface area (Å²) >= 11 is 0. The largest absolute Gasteiger partial charge is 0.388 e. The number of fused-ring (bicyclic) bond motifs is 1. The van der Waals surface area contributed by atoms with Crippen molar-refractivity contribution in [3.05, 3.63) is 54.7 Å². The Labute approximate surface area is 179 Å². The quantitative estimate of drug-likeness (QED) is 0.670. The zero-order chi connectivity index (χ0) is 20.3. The number of rotatable bonds is 6. The number of aromatic nitrogens is 1. The molecule has 3 heterocycles. The van der Waals surface area contributed by atoms with Gasteiger partial charge in [0.05, 0.1) is 5.52 Å². The highest BCUT2D eigenvalue weighted by Gasteiger charge is 2.18. The van der Waals surface area contributed by atoms with Crippen LogP contribution in [0.25, 0.3) is 10.9 Å². The Morgan fingerprint density at radius 3 is 2.10 bits per heavy atom. The molecule has 2 fully saturated rings.